The molecular weight excluding hydrogens is 252 g/mol. The topological polar surface area (TPSA) is 49.3 Å². The van der Waals surface area contributed by atoms with Gasteiger partial charge in [-0.3, -0.25) is 0 Å². The maximum atomic E-state index is 13.7. The molecule has 0 spiro atoms. The number of hydrogen-bond acceptors (Lipinski definition) is 2. The number of carboxylic acid groups (broad SMARTS) is 1. The summed E-state index contributed by atoms with van der Waals surface area (Å²) >= 11 is 0. The molecule has 0 unspecified atom stereocenters. The summed E-state index contributed by atoms with van der Waals surface area (Å²) < 4.78 is 27.2. The lowest BCUT2D eigenvalue weighted by Gasteiger charge is -2.30. The van der Waals surface area contributed by atoms with E-state index in [1.807, 2.05) is 27.7 Å². The van der Waals surface area contributed by atoms with Crippen LogP contribution in [0.25, 0.3) is 0 Å². The van der Waals surface area contributed by atoms with Crippen LogP contribution in [0.3, 0.4) is 0 Å². The molecule has 0 amide bonds. The second-order valence-corrected chi connectivity index (χ2v) is 5.59. The summed E-state index contributed by atoms with van der Waals surface area (Å²) in [5.41, 5.74) is -0.767. The van der Waals surface area contributed by atoms with E-state index in [-0.39, 0.29) is 11.1 Å². The van der Waals surface area contributed by atoms with Crippen molar-refractivity contribution in [2.75, 3.05) is 11.9 Å². The first kappa shape index (κ1) is 15.4. The van der Waals surface area contributed by atoms with E-state index in [1.165, 1.54) is 6.07 Å². The number of benzene rings is 1. The standard InChI is InChI=1S/C14H19F2NO2/c1-8(2)14(3,4)7-17-10-6-5-9(13(18)19)11(15)12(10)16/h5-6,8,17H,7H2,1-4H3,(H,18,19). The lowest BCUT2D eigenvalue weighted by atomic mass is 9.81. The first-order valence-electron chi connectivity index (χ1n) is 6.12. The second kappa shape index (κ2) is 5.55. The molecule has 5 heteroatoms. The molecule has 0 fully saturated rings. The van der Waals surface area contributed by atoms with Gasteiger partial charge in [0.15, 0.2) is 11.6 Å². The van der Waals surface area contributed by atoms with Crippen molar-refractivity contribution in [1.29, 1.82) is 0 Å². The van der Waals surface area contributed by atoms with Crippen LogP contribution in [0.5, 0.6) is 0 Å². The molecule has 0 aromatic heterocycles. The minimum Gasteiger partial charge on any atom is -0.478 e. The van der Waals surface area contributed by atoms with E-state index in [0.29, 0.717) is 12.5 Å². The van der Waals surface area contributed by atoms with E-state index in [9.17, 15) is 13.6 Å². The zero-order valence-corrected chi connectivity index (χ0v) is 11.6. The van der Waals surface area contributed by atoms with Crippen molar-refractivity contribution >= 4 is 11.7 Å². The molecule has 3 nitrogen and oxygen atoms in total. The predicted molar refractivity (Wildman–Crippen MR) is 70.4 cm³/mol. The van der Waals surface area contributed by atoms with Crippen LogP contribution in [0.1, 0.15) is 38.1 Å². The van der Waals surface area contributed by atoms with Crippen molar-refractivity contribution in [1.82, 2.24) is 0 Å². The summed E-state index contributed by atoms with van der Waals surface area (Å²) in [6.45, 7) is 8.60. The number of rotatable bonds is 5. The van der Waals surface area contributed by atoms with Gasteiger partial charge >= 0.3 is 5.97 Å². The highest BCUT2D eigenvalue weighted by Gasteiger charge is 2.23. The fourth-order valence-corrected chi connectivity index (χ4v) is 1.38. The van der Waals surface area contributed by atoms with Gasteiger partial charge in [0, 0.05) is 6.54 Å². The molecular formula is C14H19F2NO2. The first-order valence-corrected chi connectivity index (χ1v) is 6.12. The molecule has 1 aromatic rings. The molecule has 0 aliphatic carbocycles. The number of nitrogens with one attached hydrogen (secondary N) is 1. The molecule has 0 aliphatic heterocycles. The Morgan fingerprint density at radius 3 is 2.37 bits per heavy atom. The molecule has 0 saturated heterocycles. The fraction of sp³-hybridized carbons (Fsp3) is 0.500. The summed E-state index contributed by atoms with van der Waals surface area (Å²) in [6.07, 6.45) is 0. The smallest absolute Gasteiger partial charge is 0.338 e. The summed E-state index contributed by atoms with van der Waals surface area (Å²) in [5, 5.41) is 11.5. The van der Waals surface area contributed by atoms with Crippen LogP contribution in [0, 0.1) is 23.0 Å². The second-order valence-electron chi connectivity index (χ2n) is 5.59. The lowest BCUT2D eigenvalue weighted by molar-refractivity contribution is 0.0690. The molecule has 2 N–H and O–H groups in total. The third-order valence-corrected chi connectivity index (χ3v) is 3.61. The van der Waals surface area contributed by atoms with E-state index in [1.54, 1.807) is 0 Å². The lowest BCUT2D eigenvalue weighted by Crippen LogP contribution is -2.28. The van der Waals surface area contributed by atoms with Crippen LogP contribution in [-0.4, -0.2) is 17.6 Å². The highest BCUT2D eigenvalue weighted by atomic mass is 19.2. The van der Waals surface area contributed by atoms with Crippen LogP contribution in [-0.2, 0) is 0 Å². The van der Waals surface area contributed by atoms with E-state index in [0.717, 1.165) is 6.07 Å². The molecule has 0 atom stereocenters. The maximum absolute atomic E-state index is 13.7. The van der Waals surface area contributed by atoms with Gasteiger partial charge in [0.2, 0.25) is 0 Å². The molecule has 0 heterocycles. The van der Waals surface area contributed by atoms with E-state index < -0.39 is 23.2 Å². The van der Waals surface area contributed by atoms with Crippen molar-refractivity contribution in [2.24, 2.45) is 11.3 Å². The number of aromatic carboxylic acids is 1. The molecule has 1 aromatic carbocycles. The van der Waals surface area contributed by atoms with Gasteiger partial charge in [-0.05, 0) is 23.5 Å². The van der Waals surface area contributed by atoms with Gasteiger partial charge < -0.3 is 10.4 Å². The largest absolute Gasteiger partial charge is 0.478 e. The van der Waals surface area contributed by atoms with E-state index in [4.69, 9.17) is 5.11 Å². The van der Waals surface area contributed by atoms with Gasteiger partial charge in [-0.25, -0.2) is 13.6 Å². The van der Waals surface area contributed by atoms with Crippen molar-refractivity contribution < 1.29 is 18.7 Å². The molecule has 1 rings (SSSR count). The number of carboxylic acids is 1. The Morgan fingerprint density at radius 1 is 1.32 bits per heavy atom. The minimum absolute atomic E-state index is 0.0174. The number of anilines is 1. The van der Waals surface area contributed by atoms with Crippen LogP contribution in [0.15, 0.2) is 12.1 Å². The molecule has 106 valence electrons. The molecule has 0 aliphatic rings. The van der Waals surface area contributed by atoms with Gasteiger partial charge in [-0.2, -0.15) is 0 Å². The molecule has 0 radical (unpaired) electrons. The van der Waals surface area contributed by atoms with Gasteiger partial charge in [0.05, 0.1) is 11.3 Å². The number of halogens is 2. The van der Waals surface area contributed by atoms with Crippen molar-refractivity contribution in [3.8, 4) is 0 Å². The third-order valence-electron chi connectivity index (χ3n) is 3.61. The quantitative estimate of drug-likeness (QED) is 0.857. The SMILES string of the molecule is CC(C)C(C)(C)CNc1ccc(C(=O)O)c(F)c1F. The molecule has 0 saturated carbocycles. The average molecular weight is 271 g/mol. The van der Waals surface area contributed by atoms with Gasteiger partial charge in [-0.1, -0.05) is 27.7 Å². The van der Waals surface area contributed by atoms with E-state index in [2.05, 4.69) is 5.32 Å². The van der Waals surface area contributed by atoms with Gasteiger partial charge in [0.1, 0.15) is 0 Å². The Bertz CT molecular complexity index is 485. The fourth-order valence-electron chi connectivity index (χ4n) is 1.38. The van der Waals surface area contributed by atoms with Crippen molar-refractivity contribution in [2.45, 2.75) is 27.7 Å². The minimum atomic E-state index is -1.48. The Balaban J connectivity index is 2.93. The highest BCUT2D eigenvalue weighted by Crippen LogP contribution is 2.28. The first-order chi connectivity index (χ1) is 8.66. The summed E-state index contributed by atoms with van der Waals surface area (Å²) in [6, 6.07) is 2.31. The Morgan fingerprint density at radius 2 is 1.89 bits per heavy atom. The van der Waals surface area contributed by atoms with Crippen LogP contribution in [0.4, 0.5) is 14.5 Å². The summed E-state index contributed by atoms with van der Waals surface area (Å²) in [5.74, 6) is -3.60. The predicted octanol–water partition coefficient (Wildman–Crippen LogP) is 3.76. The molecule has 19 heavy (non-hydrogen) atoms. The Hall–Kier alpha value is -1.65. The normalized spacial score (nSPS) is 11.7. The zero-order valence-electron chi connectivity index (χ0n) is 11.6. The third kappa shape index (κ3) is 3.43. The number of hydrogen-bond donors (Lipinski definition) is 2. The monoisotopic (exact) mass is 271 g/mol. The van der Waals surface area contributed by atoms with Gasteiger partial charge in [-0.15, -0.1) is 0 Å². The Kier molecular flexibility index (Phi) is 4.50. The van der Waals surface area contributed by atoms with Crippen molar-refractivity contribution in [3.05, 3.63) is 29.3 Å². The van der Waals surface area contributed by atoms with Crippen LogP contribution < -0.4 is 5.32 Å². The van der Waals surface area contributed by atoms with Crippen LogP contribution >= 0.6 is 0 Å². The Labute approximate surface area is 111 Å². The van der Waals surface area contributed by atoms with E-state index >= 15 is 0 Å². The molecule has 0 bridgehead atoms. The van der Waals surface area contributed by atoms with Gasteiger partial charge in [0.25, 0.3) is 0 Å². The summed E-state index contributed by atoms with van der Waals surface area (Å²) in [7, 11) is 0. The maximum Gasteiger partial charge on any atom is 0.338 e. The van der Waals surface area contributed by atoms with Crippen molar-refractivity contribution in [3.63, 3.8) is 0 Å². The number of carbonyl (C=O) groups is 1. The van der Waals surface area contributed by atoms with Crippen LogP contribution in [0.2, 0.25) is 0 Å². The average Bonchev–Trinajstić information content (AvgIpc) is 2.30. The zero-order chi connectivity index (χ0) is 14.8. The summed E-state index contributed by atoms with van der Waals surface area (Å²) in [4.78, 5) is 10.7. The highest BCUT2D eigenvalue weighted by molar-refractivity contribution is 5.88.